The summed E-state index contributed by atoms with van der Waals surface area (Å²) in [6.07, 6.45) is -3.62. The van der Waals surface area contributed by atoms with Gasteiger partial charge in [0.15, 0.2) is 5.13 Å². The second kappa shape index (κ2) is 14.0. The lowest BCUT2D eigenvalue weighted by Gasteiger charge is -2.34. The summed E-state index contributed by atoms with van der Waals surface area (Å²) in [5.74, 6) is 0.547. The first kappa shape index (κ1) is 35.6. The molecule has 5 aromatic rings. The molecule has 12 nitrogen and oxygen atoms in total. The van der Waals surface area contributed by atoms with Crippen molar-refractivity contribution in [3.8, 4) is 11.6 Å². The molecule has 2 N–H and O–H groups in total. The fourth-order valence-electron chi connectivity index (χ4n) is 5.97. The Balaban J connectivity index is 1.17. The van der Waals surface area contributed by atoms with Gasteiger partial charge in [-0.2, -0.15) is 13.2 Å². The molecule has 3 aromatic heterocycles. The maximum absolute atomic E-state index is 14.4. The minimum absolute atomic E-state index is 0.0251. The summed E-state index contributed by atoms with van der Waals surface area (Å²) in [6.45, 7) is 11.3. The van der Waals surface area contributed by atoms with E-state index in [1.807, 2.05) is 4.90 Å². The Morgan fingerprint density at radius 2 is 1.65 bits per heavy atom. The highest BCUT2D eigenvalue weighted by Gasteiger charge is 2.35. The van der Waals surface area contributed by atoms with Gasteiger partial charge in [-0.1, -0.05) is 24.3 Å². The molecule has 2 fully saturated rings. The Morgan fingerprint density at radius 3 is 2.35 bits per heavy atom. The second-order valence-electron chi connectivity index (χ2n) is 14.0. The third-order valence-electron chi connectivity index (χ3n) is 8.81. The molecule has 4 heterocycles. The smallest absolute Gasteiger partial charge is 0.421 e. The molecule has 0 spiro atoms. The van der Waals surface area contributed by atoms with Crippen molar-refractivity contribution >= 4 is 61.5 Å². The topological polar surface area (TPSA) is 127 Å². The molecule has 0 radical (unpaired) electrons. The number of imidazole rings is 1. The van der Waals surface area contributed by atoms with E-state index in [9.17, 15) is 22.8 Å². The highest BCUT2D eigenvalue weighted by molar-refractivity contribution is 7.21. The molecule has 1 saturated heterocycles. The summed E-state index contributed by atoms with van der Waals surface area (Å²) < 4.78 is 56.1. The maximum Gasteiger partial charge on any atom is 0.421 e. The third kappa shape index (κ3) is 8.13. The van der Waals surface area contributed by atoms with Crippen LogP contribution in [0.2, 0.25) is 0 Å². The average Bonchev–Trinajstić information content (AvgIpc) is 3.77. The molecule has 16 heteroatoms. The Hall–Kier alpha value is -4.80. The van der Waals surface area contributed by atoms with E-state index in [4.69, 9.17) is 9.47 Å². The largest absolute Gasteiger partial charge is 0.443 e. The van der Waals surface area contributed by atoms with Gasteiger partial charge in [-0.05, 0) is 76.1 Å². The molecule has 0 bridgehead atoms. The fraction of sp³-hybridized carbons (Fsp3) is 0.417. The van der Waals surface area contributed by atoms with Gasteiger partial charge in [0, 0.05) is 56.5 Å². The number of nitrogens with one attached hydrogen (secondary N) is 2. The van der Waals surface area contributed by atoms with Crippen LogP contribution in [-0.2, 0) is 22.3 Å². The van der Waals surface area contributed by atoms with Crippen LogP contribution < -0.4 is 15.4 Å². The number of carbonyl (C=O) groups is 2. The van der Waals surface area contributed by atoms with E-state index in [0.717, 1.165) is 38.5 Å². The molecule has 1 amide bonds. The number of ether oxygens (including phenoxy) is 2. The predicted octanol–water partition coefficient (Wildman–Crippen LogP) is 7.86. The zero-order valence-electron chi connectivity index (χ0n) is 29.2. The van der Waals surface area contributed by atoms with Crippen LogP contribution in [0.25, 0.3) is 21.4 Å². The van der Waals surface area contributed by atoms with Crippen LogP contribution in [0.3, 0.4) is 0 Å². The van der Waals surface area contributed by atoms with Gasteiger partial charge in [0.2, 0.25) is 17.7 Å². The van der Waals surface area contributed by atoms with Crippen molar-refractivity contribution in [3.05, 3.63) is 59.7 Å². The van der Waals surface area contributed by atoms with Gasteiger partial charge < -0.3 is 25.0 Å². The van der Waals surface area contributed by atoms with E-state index >= 15 is 0 Å². The summed E-state index contributed by atoms with van der Waals surface area (Å²) in [4.78, 5) is 44.2. The Bertz CT molecular complexity index is 2130. The third-order valence-corrected chi connectivity index (χ3v) is 9.69. The molecule has 274 valence electrons. The van der Waals surface area contributed by atoms with Crippen LogP contribution in [0, 0.1) is 5.92 Å². The number of hydrogen-bond donors (Lipinski definition) is 2. The van der Waals surface area contributed by atoms with Crippen LogP contribution in [0.1, 0.15) is 51.7 Å². The summed E-state index contributed by atoms with van der Waals surface area (Å²) in [7, 11) is 0. The number of piperazine rings is 1. The molecule has 2 aromatic carbocycles. The minimum Gasteiger partial charge on any atom is -0.443 e. The van der Waals surface area contributed by atoms with Gasteiger partial charge in [-0.25, -0.2) is 24.3 Å². The molecular formula is C36H39F3N8O4S. The summed E-state index contributed by atoms with van der Waals surface area (Å²) in [5, 5.41) is 6.24. The van der Waals surface area contributed by atoms with Crippen LogP contribution in [0.5, 0.6) is 11.6 Å². The van der Waals surface area contributed by atoms with Crippen molar-refractivity contribution in [1.82, 2.24) is 29.3 Å². The zero-order chi connectivity index (χ0) is 36.8. The Labute approximate surface area is 301 Å². The van der Waals surface area contributed by atoms with Gasteiger partial charge in [0.25, 0.3) is 0 Å². The van der Waals surface area contributed by atoms with Crippen LogP contribution in [-0.4, -0.2) is 79.6 Å². The van der Waals surface area contributed by atoms with E-state index < -0.39 is 23.4 Å². The molecule has 0 unspecified atom stereocenters. The normalized spacial score (nSPS) is 16.0. The Morgan fingerprint density at radius 1 is 0.923 bits per heavy atom. The van der Waals surface area contributed by atoms with E-state index in [1.165, 1.54) is 22.0 Å². The monoisotopic (exact) mass is 736 g/mol. The van der Waals surface area contributed by atoms with Crippen molar-refractivity contribution < 1.29 is 32.2 Å². The average molecular weight is 737 g/mol. The van der Waals surface area contributed by atoms with Crippen LogP contribution >= 0.6 is 11.3 Å². The number of pyridine rings is 1. The summed E-state index contributed by atoms with van der Waals surface area (Å²) in [5.41, 5.74) is -0.0627. The van der Waals surface area contributed by atoms with E-state index in [1.54, 1.807) is 57.2 Å². The number of likely N-dealkylation sites (N-methyl/N-ethyl adjacent to an activating group) is 1. The van der Waals surface area contributed by atoms with Crippen molar-refractivity contribution in [2.24, 2.45) is 5.92 Å². The molecule has 2 aliphatic rings. The molecule has 7 rings (SSSR count). The summed E-state index contributed by atoms with van der Waals surface area (Å²) in [6, 6.07) is 12.3. The van der Waals surface area contributed by atoms with Crippen molar-refractivity contribution in [1.29, 1.82) is 0 Å². The number of benzene rings is 2. The van der Waals surface area contributed by atoms with Crippen molar-refractivity contribution in [3.63, 3.8) is 0 Å². The van der Waals surface area contributed by atoms with Gasteiger partial charge in [-0.15, -0.1) is 0 Å². The van der Waals surface area contributed by atoms with Crippen LogP contribution in [0.4, 0.5) is 34.7 Å². The second-order valence-corrected chi connectivity index (χ2v) is 14.9. The number of halogens is 3. The van der Waals surface area contributed by atoms with Gasteiger partial charge in [-0.3, -0.25) is 9.69 Å². The van der Waals surface area contributed by atoms with Crippen molar-refractivity contribution in [2.75, 3.05) is 43.4 Å². The number of anilines is 3. The fourth-order valence-corrected chi connectivity index (χ4v) is 6.80. The number of fused-ring (bicyclic) bond motifs is 2. The zero-order valence-corrected chi connectivity index (χ0v) is 30.0. The van der Waals surface area contributed by atoms with E-state index in [2.05, 4.69) is 37.4 Å². The number of nitrogens with zero attached hydrogens (tertiary/aromatic N) is 6. The standard InChI is InChI=1S/C36H39F3N8O4S/c1-5-45-14-16-46(17-15-45)20-22-8-9-23(18-25(22)36(37,38)39)40-32-41-26-11-10-24(19-28(26)47(32)34(49)51-35(2,3)4)50-29-13-12-27-31(43-29)52-33(42-27)44-30(48)21-6-7-21/h8-13,18-19,21H,5-7,14-17,20H2,1-4H3,(H,40,41)(H,42,44,48). The number of hydrogen-bond acceptors (Lipinski definition) is 11. The van der Waals surface area contributed by atoms with E-state index in [-0.39, 0.29) is 41.4 Å². The first-order valence-electron chi connectivity index (χ1n) is 17.2. The molecule has 52 heavy (non-hydrogen) atoms. The SMILES string of the molecule is CCN1CCN(Cc2ccc(Nc3nc4ccc(Oc5ccc6nc(NC(=O)C7CC7)sc6n5)cc4n3C(=O)OC(C)(C)C)cc2C(F)(F)F)CC1. The quantitative estimate of drug-likeness (QED) is 0.154. The van der Waals surface area contributed by atoms with E-state index in [0.29, 0.717) is 45.4 Å². The van der Waals surface area contributed by atoms with Crippen LogP contribution in [0.15, 0.2) is 48.5 Å². The maximum atomic E-state index is 14.4. The number of aromatic nitrogens is 4. The number of carbonyl (C=O) groups excluding carboxylic acids is 2. The molecule has 1 aliphatic carbocycles. The first-order chi connectivity index (χ1) is 24.7. The first-order valence-corrected chi connectivity index (χ1v) is 18.0. The van der Waals surface area contributed by atoms with Gasteiger partial charge in [0.1, 0.15) is 21.7 Å². The molecule has 0 atom stereocenters. The van der Waals surface area contributed by atoms with Crippen molar-refractivity contribution in [2.45, 2.75) is 58.9 Å². The predicted molar refractivity (Wildman–Crippen MR) is 192 cm³/mol. The van der Waals surface area contributed by atoms with Gasteiger partial charge in [0.05, 0.1) is 16.6 Å². The minimum atomic E-state index is -4.60. The number of alkyl halides is 3. The molecule has 1 saturated carbocycles. The Kier molecular flexibility index (Phi) is 9.56. The van der Waals surface area contributed by atoms with Gasteiger partial charge >= 0.3 is 12.3 Å². The highest BCUT2D eigenvalue weighted by atomic mass is 32.1. The lowest BCUT2D eigenvalue weighted by molar-refractivity contribution is -0.138. The highest BCUT2D eigenvalue weighted by Crippen LogP contribution is 2.37. The molecule has 1 aliphatic heterocycles. The summed E-state index contributed by atoms with van der Waals surface area (Å²) >= 11 is 1.23. The lowest BCUT2D eigenvalue weighted by atomic mass is 10.0. The number of rotatable bonds is 9. The number of amides is 1. The molecular weight excluding hydrogens is 698 g/mol. The lowest BCUT2D eigenvalue weighted by Crippen LogP contribution is -2.45. The number of thiazole rings is 1.